The van der Waals surface area contributed by atoms with Gasteiger partial charge in [0.25, 0.3) is 0 Å². The van der Waals surface area contributed by atoms with Crippen LogP contribution in [0.2, 0.25) is 0 Å². The van der Waals surface area contributed by atoms with E-state index in [1.54, 1.807) is 24.6 Å². The van der Waals surface area contributed by atoms with Gasteiger partial charge in [0, 0.05) is 19.0 Å². The molecule has 1 fully saturated rings. The number of hydrogen-bond acceptors (Lipinski definition) is 3. The van der Waals surface area contributed by atoms with Crippen molar-refractivity contribution in [1.82, 2.24) is 9.55 Å². The smallest absolute Gasteiger partial charge is 0.332 e. The second-order valence-corrected chi connectivity index (χ2v) is 5.03. The van der Waals surface area contributed by atoms with Crippen LogP contribution in [0.3, 0.4) is 0 Å². The van der Waals surface area contributed by atoms with E-state index in [1.807, 2.05) is 0 Å². The summed E-state index contributed by atoms with van der Waals surface area (Å²) < 4.78 is 33.4. The van der Waals surface area contributed by atoms with Crippen molar-refractivity contribution in [3.63, 3.8) is 0 Å². The molecule has 2 rings (SSSR count). The monoisotopic (exact) mass is 272 g/mol. The Kier molecular flexibility index (Phi) is 3.60. The number of halogens is 2. The van der Waals surface area contributed by atoms with Gasteiger partial charge >= 0.3 is 5.97 Å². The normalized spacial score (nSPS) is 21.1. The number of hydrogen-bond donors (Lipinski definition) is 0. The molecule has 4 nitrogen and oxygen atoms in total. The highest BCUT2D eigenvalue weighted by molar-refractivity contribution is 5.79. The van der Waals surface area contributed by atoms with Gasteiger partial charge in [-0.3, -0.25) is 0 Å². The summed E-state index contributed by atoms with van der Waals surface area (Å²) in [5.74, 6) is -3.13. The van der Waals surface area contributed by atoms with E-state index >= 15 is 0 Å². The molecule has 19 heavy (non-hydrogen) atoms. The maximum absolute atomic E-state index is 13.3. The lowest BCUT2D eigenvalue weighted by Gasteiger charge is -2.38. The Bertz CT molecular complexity index is 461. The average molecular weight is 272 g/mol. The maximum Gasteiger partial charge on any atom is 0.332 e. The van der Waals surface area contributed by atoms with Gasteiger partial charge in [-0.05, 0) is 26.7 Å². The van der Waals surface area contributed by atoms with Crippen molar-refractivity contribution in [2.24, 2.45) is 0 Å². The number of aromatic nitrogens is 2. The van der Waals surface area contributed by atoms with Crippen LogP contribution in [-0.4, -0.2) is 28.0 Å². The van der Waals surface area contributed by atoms with Gasteiger partial charge in [-0.2, -0.15) is 0 Å². The summed E-state index contributed by atoms with van der Waals surface area (Å²) in [7, 11) is 0. The van der Waals surface area contributed by atoms with E-state index in [9.17, 15) is 13.6 Å². The molecular formula is C13H18F2N2O2. The number of carbonyl (C=O) groups excluding carboxylic acids is 1. The summed E-state index contributed by atoms with van der Waals surface area (Å²) in [4.78, 5) is 16.3. The van der Waals surface area contributed by atoms with Crippen LogP contribution in [0.1, 0.15) is 38.3 Å². The predicted octanol–water partition coefficient (Wildman–Crippen LogP) is 2.66. The molecule has 1 aromatic heterocycles. The Hall–Kier alpha value is -1.46. The van der Waals surface area contributed by atoms with Gasteiger partial charge in [0.2, 0.25) is 5.92 Å². The van der Waals surface area contributed by atoms with Gasteiger partial charge in [0.1, 0.15) is 5.54 Å². The fourth-order valence-corrected chi connectivity index (χ4v) is 2.52. The summed E-state index contributed by atoms with van der Waals surface area (Å²) in [6, 6.07) is 0. The van der Waals surface area contributed by atoms with Crippen LogP contribution >= 0.6 is 0 Å². The van der Waals surface area contributed by atoms with E-state index < -0.39 is 17.4 Å². The Labute approximate surface area is 110 Å². The van der Waals surface area contributed by atoms with Crippen molar-refractivity contribution < 1.29 is 18.3 Å². The van der Waals surface area contributed by atoms with Crippen LogP contribution in [0.15, 0.2) is 12.5 Å². The molecule has 0 radical (unpaired) electrons. The Balaban J connectivity index is 2.32. The third kappa shape index (κ3) is 2.62. The van der Waals surface area contributed by atoms with Crippen molar-refractivity contribution in [2.75, 3.05) is 6.61 Å². The molecule has 0 amide bonds. The van der Waals surface area contributed by atoms with E-state index in [0.717, 1.165) is 5.69 Å². The lowest BCUT2D eigenvalue weighted by atomic mass is 9.79. The predicted molar refractivity (Wildman–Crippen MR) is 65.0 cm³/mol. The first kappa shape index (κ1) is 14.0. The first-order chi connectivity index (χ1) is 8.89. The van der Waals surface area contributed by atoms with E-state index in [0.29, 0.717) is 0 Å². The van der Waals surface area contributed by atoms with Crippen LogP contribution in [0.4, 0.5) is 8.78 Å². The van der Waals surface area contributed by atoms with Crippen molar-refractivity contribution in [3.8, 4) is 0 Å². The summed E-state index contributed by atoms with van der Waals surface area (Å²) in [5.41, 5.74) is -0.278. The molecule has 0 atom stereocenters. The van der Waals surface area contributed by atoms with Gasteiger partial charge in [0.15, 0.2) is 0 Å². The molecule has 106 valence electrons. The van der Waals surface area contributed by atoms with Crippen LogP contribution in [-0.2, 0) is 15.1 Å². The molecular weight excluding hydrogens is 254 g/mol. The molecule has 0 saturated heterocycles. The zero-order valence-corrected chi connectivity index (χ0v) is 11.2. The lowest BCUT2D eigenvalue weighted by Crippen LogP contribution is -2.47. The number of esters is 1. The third-order valence-corrected chi connectivity index (χ3v) is 3.67. The minimum Gasteiger partial charge on any atom is -0.464 e. The van der Waals surface area contributed by atoms with Crippen molar-refractivity contribution in [3.05, 3.63) is 18.2 Å². The standard InChI is InChI=1S/C13H18F2N2O2/c1-3-19-11(18)12(17-8-10(2)16-9-17)4-6-13(14,15)7-5-12/h8-9H,3-7H2,1-2H3. The average Bonchev–Trinajstić information content (AvgIpc) is 2.77. The SMILES string of the molecule is CCOC(=O)C1(n2cnc(C)c2)CCC(F)(F)CC1. The summed E-state index contributed by atoms with van der Waals surface area (Å²) in [5, 5.41) is 0. The van der Waals surface area contributed by atoms with Crippen molar-refractivity contribution >= 4 is 5.97 Å². The summed E-state index contributed by atoms with van der Waals surface area (Å²) in [6.07, 6.45) is 2.78. The van der Waals surface area contributed by atoms with Crippen molar-refractivity contribution in [1.29, 1.82) is 0 Å². The van der Waals surface area contributed by atoms with E-state index in [1.165, 1.54) is 6.33 Å². The zero-order valence-electron chi connectivity index (χ0n) is 11.2. The van der Waals surface area contributed by atoms with Crippen LogP contribution in [0.5, 0.6) is 0 Å². The number of carbonyl (C=O) groups is 1. The second kappa shape index (κ2) is 4.90. The van der Waals surface area contributed by atoms with E-state index in [-0.39, 0.29) is 32.3 Å². The minimum absolute atomic E-state index is 0.0780. The molecule has 0 aliphatic heterocycles. The van der Waals surface area contributed by atoms with Gasteiger partial charge in [-0.1, -0.05) is 0 Å². The fourth-order valence-electron chi connectivity index (χ4n) is 2.52. The molecule has 0 bridgehead atoms. The Morgan fingerprint density at radius 2 is 2.05 bits per heavy atom. The van der Waals surface area contributed by atoms with Crippen LogP contribution < -0.4 is 0 Å². The van der Waals surface area contributed by atoms with Crippen molar-refractivity contribution in [2.45, 2.75) is 51.0 Å². The molecule has 0 unspecified atom stereocenters. The number of aryl methyl sites for hydroxylation is 1. The largest absolute Gasteiger partial charge is 0.464 e. The fraction of sp³-hybridized carbons (Fsp3) is 0.692. The first-order valence-corrected chi connectivity index (χ1v) is 6.46. The molecule has 0 spiro atoms. The first-order valence-electron chi connectivity index (χ1n) is 6.46. The van der Waals surface area contributed by atoms with Gasteiger partial charge in [0.05, 0.1) is 18.6 Å². The summed E-state index contributed by atoms with van der Waals surface area (Å²) >= 11 is 0. The van der Waals surface area contributed by atoms with Gasteiger partial charge in [-0.15, -0.1) is 0 Å². The van der Waals surface area contributed by atoms with Crippen LogP contribution in [0.25, 0.3) is 0 Å². The highest BCUT2D eigenvalue weighted by atomic mass is 19.3. The molecule has 1 aliphatic rings. The quantitative estimate of drug-likeness (QED) is 0.795. The molecule has 6 heteroatoms. The van der Waals surface area contributed by atoms with Gasteiger partial charge < -0.3 is 9.30 Å². The summed E-state index contributed by atoms with van der Waals surface area (Å²) in [6.45, 7) is 3.75. The highest BCUT2D eigenvalue weighted by Gasteiger charge is 2.50. The maximum atomic E-state index is 13.3. The zero-order chi connectivity index (χ0) is 14.1. The Morgan fingerprint density at radius 1 is 1.42 bits per heavy atom. The van der Waals surface area contributed by atoms with E-state index in [4.69, 9.17) is 4.74 Å². The van der Waals surface area contributed by atoms with Gasteiger partial charge in [-0.25, -0.2) is 18.6 Å². The third-order valence-electron chi connectivity index (χ3n) is 3.67. The Morgan fingerprint density at radius 3 is 2.53 bits per heavy atom. The second-order valence-electron chi connectivity index (χ2n) is 5.03. The van der Waals surface area contributed by atoms with E-state index in [2.05, 4.69) is 4.98 Å². The number of alkyl halides is 2. The minimum atomic E-state index is -2.69. The number of imidazole rings is 1. The molecule has 1 saturated carbocycles. The lowest BCUT2D eigenvalue weighted by molar-refractivity contribution is -0.161. The number of rotatable bonds is 3. The number of ether oxygens (including phenoxy) is 1. The topological polar surface area (TPSA) is 44.1 Å². The number of nitrogens with zero attached hydrogens (tertiary/aromatic N) is 2. The van der Waals surface area contributed by atoms with Crippen LogP contribution in [0, 0.1) is 6.92 Å². The molecule has 1 aliphatic carbocycles. The highest BCUT2D eigenvalue weighted by Crippen LogP contribution is 2.43. The molecule has 1 aromatic rings. The molecule has 0 aromatic carbocycles. The molecule has 0 N–H and O–H groups in total. The molecule has 1 heterocycles.